The average Bonchev–Trinajstić information content (AvgIpc) is 2.47. The van der Waals surface area contributed by atoms with E-state index in [0.29, 0.717) is 12.3 Å². The average molecular weight is 203 g/mol. The molecule has 1 aliphatic rings. The molecule has 1 fully saturated rings. The van der Waals surface area contributed by atoms with E-state index in [-0.39, 0.29) is 11.9 Å². The van der Waals surface area contributed by atoms with Crippen LogP contribution in [0.4, 0.5) is 0 Å². The maximum Gasteiger partial charge on any atom is 0.325 e. The van der Waals surface area contributed by atoms with Crippen LogP contribution >= 0.6 is 11.8 Å². The third-order valence-corrected chi connectivity index (χ3v) is 3.36. The van der Waals surface area contributed by atoms with Crippen LogP contribution in [-0.2, 0) is 9.53 Å². The Hall–Kier alpha value is -0.710. The Morgan fingerprint density at radius 3 is 3.08 bits per heavy atom. The molecule has 2 unspecified atom stereocenters. The molecular weight excluding hydrogens is 190 g/mol. The number of rotatable bonds is 2. The molecule has 0 bridgehead atoms. The van der Waals surface area contributed by atoms with Crippen molar-refractivity contribution in [1.82, 2.24) is 0 Å². The highest BCUT2D eigenvalue weighted by atomic mass is 32.2. The van der Waals surface area contributed by atoms with E-state index in [1.54, 1.807) is 6.92 Å². The van der Waals surface area contributed by atoms with Gasteiger partial charge in [-0.1, -0.05) is 12.1 Å². The molecule has 1 heterocycles. The van der Waals surface area contributed by atoms with Gasteiger partial charge in [-0.15, -0.1) is 11.8 Å². The first kappa shape index (κ1) is 10.4. The first-order chi connectivity index (χ1) is 6.20. The van der Waals surface area contributed by atoms with Gasteiger partial charge in [0.15, 0.2) is 0 Å². The summed E-state index contributed by atoms with van der Waals surface area (Å²) in [4.78, 5) is 11.3. The van der Waals surface area contributed by atoms with Gasteiger partial charge in [0.05, 0.1) is 12.3 Å². The number of carbonyl (C=O) groups is 1. The van der Waals surface area contributed by atoms with Crippen LogP contribution in [0.1, 0.15) is 13.8 Å². The van der Waals surface area contributed by atoms with Crippen molar-refractivity contribution in [2.75, 3.05) is 12.4 Å². The van der Waals surface area contributed by atoms with E-state index in [1.807, 2.05) is 6.92 Å². The second-order valence-electron chi connectivity index (χ2n) is 2.89. The standard InChI is InChI=1S/C8H13NO3S/c1-3-12-8(10)7-6(9-11)5(2)4-13-7/h5,7,11H,3-4H2,1-2H3. The van der Waals surface area contributed by atoms with Gasteiger partial charge >= 0.3 is 5.97 Å². The highest BCUT2D eigenvalue weighted by molar-refractivity contribution is 8.01. The van der Waals surface area contributed by atoms with Gasteiger partial charge in [-0.25, -0.2) is 0 Å². The molecule has 1 aliphatic heterocycles. The molecule has 0 saturated carbocycles. The molecule has 0 spiro atoms. The fourth-order valence-corrected chi connectivity index (χ4v) is 2.53. The summed E-state index contributed by atoms with van der Waals surface area (Å²) >= 11 is 1.47. The topological polar surface area (TPSA) is 58.9 Å². The number of nitrogens with zero attached hydrogens (tertiary/aromatic N) is 1. The van der Waals surface area contributed by atoms with E-state index in [9.17, 15) is 4.79 Å². The third-order valence-electron chi connectivity index (χ3n) is 1.90. The van der Waals surface area contributed by atoms with Crippen LogP contribution in [0.2, 0.25) is 0 Å². The Bertz CT molecular complexity index is 229. The van der Waals surface area contributed by atoms with Crippen LogP contribution in [0.15, 0.2) is 5.16 Å². The van der Waals surface area contributed by atoms with Crippen molar-refractivity contribution in [2.24, 2.45) is 11.1 Å². The minimum Gasteiger partial charge on any atom is -0.465 e. The van der Waals surface area contributed by atoms with Crippen LogP contribution in [0.3, 0.4) is 0 Å². The number of oxime groups is 1. The van der Waals surface area contributed by atoms with Crippen LogP contribution in [0.25, 0.3) is 0 Å². The summed E-state index contributed by atoms with van der Waals surface area (Å²) in [7, 11) is 0. The van der Waals surface area contributed by atoms with Crippen molar-refractivity contribution in [1.29, 1.82) is 0 Å². The minimum absolute atomic E-state index is 0.157. The van der Waals surface area contributed by atoms with Gasteiger partial charge < -0.3 is 9.94 Å². The predicted molar refractivity (Wildman–Crippen MR) is 51.3 cm³/mol. The Kier molecular flexibility index (Phi) is 3.59. The molecule has 13 heavy (non-hydrogen) atoms. The van der Waals surface area contributed by atoms with Crippen molar-refractivity contribution < 1.29 is 14.7 Å². The molecule has 5 heteroatoms. The molecule has 0 amide bonds. The Morgan fingerprint density at radius 2 is 2.54 bits per heavy atom. The Labute approximate surface area is 81.3 Å². The van der Waals surface area contributed by atoms with Crippen LogP contribution in [-0.4, -0.2) is 34.5 Å². The quantitative estimate of drug-likeness (QED) is 0.415. The molecule has 0 aliphatic carbocycles. The molecule has 1 rings (SSSR count). The molecule has 0 radical (unpaired) electrons. The zero-order chi connectivity index (χ0) is 9.84. The summed E-state index contributed by atoms with van der Waals surface area (Å²) in [6, 6.07) is 0. The van der Waals surface area contributed by atoms with E-state index >= 15 is 0 Å². The fraction of sp³-hybridized carbons (Fsp3) is 0.750. The van der Waals surface area contributed by atoms with E-state index in [0.717, 1.165) is 5.75 Å². The van der Waals surface area contributed by atoms with Crippen molar-refractivity contribution in [3.05, 3.63) is 0 Å². The van der Waals surface area contributed by atoms with Gasteiger partial charge in [0.1, 0.15) is 5.25 Å². The zero-order valence-electron chi connectivity index (χ0n) is 7.69. The van der Waals surface area contributed by atoms with E-state index in [4.69, 9.17) is 9.94 Å². The molecule has 1 saturated heterocycles. The number of esters is 1. The van der Waals surface area contributed by atoms with Crippen LogP contribution in [0.5, 0.6) is 0 Å². The Balaban J connectivity index is 2.65. The van der Waals surface area contributed by atoms with Crippen molar-refractivity contribution in [3.63, 3.8) is 0 Å². The largest absolute Gasteiger partial charge is 0.465 e. The lowest BCUT2D eigenvalue weighted by atomic mass is 10.1. The number of ether oxygens (including phenoxy) is 1. The molecule has 4 nitrogen and oxygen atoms in total. The summed E-state index contributed by atoms with van der Waals surface area (Å²) in [5.74, 6) is 0.664. The molecule has 2 atom stereocenters. The summed E-state index contributed by atoms with van der Waals surface area (Å²) in [6.07, 6.45) is 0. The molecule has 74 valence electrons. The fourth-order valence-electron chi connectivity index (χ4n) is 1.23. The lowest BCUT2D eigenvalue weighted by molar-refractivity contribution is -0.141. The summed E-state index contributed by atoms with van der Waals surface area (Å²) in [5, 5.41) is 11.4. The highest BCUT2D eigenvalue weighted by Gasteiger charge is 2.36. The van der Waals surface area contributed by atoms with Gasteiger partial charge in [0.2, 0.25) is 0 Å². The Morgan fingerprint density at radius 1 is 1.85 bits per heavy atom. The van der Waals surface area contributed by atoms with Gasteiger partial charge in [0, 0.05) is 11.7 Å². The molecule has 0 aromatic carbocycles. The maximum absolute atomic E-state index is 11.3. The first-order valence-electron chi connectivity index (χ1n) is 4.20. The number of thioether (sulfide) groups is 1. The molecule has 1 N–H and O–H groups in total. The third kappa shape index (κ3) is 2.15. The van der Waals surface area contributed by atoms with E-state index in [1.165, 1.54) is 11.8 Å². The lowest BCUT2D eigenvalue weighted by Crippen LogP contribution is -2.27. The zero-order valence-corrected chi connectivity index (χ0v) is 8.50. The second kappa shape index (κ2) is 4.50. The van der Waals surface area contributed by atoms with E-state index < -0.39 is 5.25 Å². The first-order valence-corrected chi connectivity index (χ1v) is 5.25. The molecule has 0 aromatic heterocycles. The maximum atomic E-state index is 11.3. The second-order valence-corrected chi connectivity index (χ2v) is 4.03. The van der Waals surface area contributed by atoms with Crippen molar-refractivity contribution in [3.8, 4) is 0 Å². The summed E-state index contributed by atoms with van der Waals surface area (Å²) in [6.45, 7) is 4.06. The van der Waals surface area contributed by atoms with E-state index in [2.05, 4.69) is 5.16 Å². The molecule has 0 aromatic rings. The molecular formula is C8H13NO3S. The van der Waals surface area contributed by atoms with Gasteiger partial charge in [-0.05, 0) is 6.92 Å². The highest BCUT2D eigenvalue weighted by Crippen LogP contribution is 2.29. The normalized spacial score (nSPS) is 30.8. The van der Waals surface area contributed by atoms with Gasteiger partial charge in [-0.3, -0.25) is 4.79 Å². The summed E-state index contributed by atoms with van der Waals surface area (Å²) < 4.78 is 4.85. The number of hydrogen-bond donors (Lipinski definition) is 1. The minimum atomic E-state index is -0.403. The monoisotopic (exact) mass is 203 g/mol. The summed E-state index contributed by atoms with van der Waals surface area (Å²) in [5.41, 5.74) is 0.531. The van der Waals surface area contributed by atoms with Crippen molar-refractivity contribution >= 4 is 23.4 Å². The SMILES string of the molecule is CCOC(=O)C1SCC(C)C1=NO. The van der Waals surface area contributed by atoms with Gasteiger partial charge in [-0.2, -0.15) is 0 Å². The smallest absolute Gasteiger partial charge is 0.325 e. The van der Waals surface area contributed by atoms with Crippen molar-refractivity contribution in [2.45, 2.75) is 19.1 Å². The number of hydrogen-bond acceptors (Lipinski definition) is 5. The predicted octanol–water partition coefficient (Wildman–Crippen LogP) is 1.13. The van der Waals surface area contributed by atoms with Crippen LogP contribution < -0.4 is 0 Å². The lowest BCUT2D eigenvalue weighted by Gasteiger charge is -2.08. The van der Waals surface area contributed by atoms with Gasteiger partial charge in [0.25, 0.3) is 0 Å². The number of carbonyl (C=O) groups excluding carboxylic acids is 1. The van der Waals surface area contributed by atoms with Crippen LogP contribution in [0, 0.1) is 5.92 Å².